The first-order chi connectivity index (χ1) is 11.2. The SMILES string of the molecule is CCn1nc(-c2ccc3ncnn3c2)c(-c2cccc(C)n2)n1. The van der Waals surface area contributed by atoms with Crippen LogP contribution in [0.3, 0.4) is 0 Å². The van der Waals surface area contributed by atoms with E-state index in [1.54, 1.807) is 9.31 Å². The van der Waals surface area contributed by atoms with Gasteiger partial charge in [0.25, 0.3) is 0 Å². The second-order valence-electron chi connectivity index (χ2n) is 5.23. The zero-order valence-electron chi connectivity index (χ0n) is 12.9. The molecule has 0 saturated carbocycles. The van der Waals surface area contributed by atoms with Crippen LogP contribution in [-0.2, 0) is 6.54 Å². The summed E-state index contributed by atoms with van der Waals surface area (Å²) in [6.07, 6.45) is 3.44. The lowest BCUT2D eigenvalue weighted by molar-refractivity contribution is 0.572. The van der Waals surface area contributed by atoms with Gasteiger partial charge in [0.15, 0.2) is 5.65 Å². The van der Waals surface area contributed by atoms with E-state index >= 15 is 0 Å². The van der Waals surface area contributed by atoms with Crippen molar-refractivity contribution >= 4 is 5.65 Å². The molecule has 23 heavy (non-hydrogen) atoms. The second kappa shape index (κ2) is 5.28. The van der Waals surface area contributed by atoms with Crippen LogP contribution in [-0.4, -0.2) is 34.6 Å². The highest BCUT2D eigenvalue weighted by Crippen LogP contribution is 2.27. The second-order valence-corrected chi connectivity index (χ2v) is 5.23. The summed E-state index contributed by atoms with van der Waals surface area (Å²) in [7, 11) is 0. The monoisotopic (exact) mass is 305 g/mol. The van der Waals surface area contributed by atoms with Crippen LogP contribution in [0.2, 0.25) is 0 Å². The van der Waals surface area contributed by atoms with E-state index in [9.17, 15) is 0 Å². The van der Waals surface area contributed by atoms with Crippen molar-refractivity contribution in [2.24, 2.45) is 0 Å². The highest BCUT2D eigenvalue weighted by molar-refractivity contribution is 5.75. The van der Waals surface area contributed by atoms with Crippen LogP contribution < -0.4 is 0 Å². The molecule has 0 fully saturated rings. The molecule has 7 nitrogen and oxygen atoms in total. The molecule has 0 N–H and O–H groups in total. The third-order valence-corrected chi connectivity index (χ3v) is 3.62. The van der Waals surface area contributed by atoms with E-state index in [0.717, 1.165) is 34.0 Å². The lowest BCUT2D eigenvalue weighted by Crippen LogP contribution is -1.98. The van der Waals surface area contributed by atoms with E-state index in [0.29, 0.717) is 6.54 Å². The molecule has 0 amide bonds. The van der Waals surface area contributed by atoms with Crippen LogP contribution in [0.25, 0.3) is 28.3 Å². The largest absolute Gasteiger partial charge is 0.251 e. The van der Waals surface area contributed by atoms with Crippen molar-refractivity contribution in [2.45, 2.75) is 20.4 Å². The minimum Gasteiger partial charge on any atom is -0.251 e. The van der Waals surface area contributed by atoms with Crippen molar-refractivity contribution in [3.05, 3.63) is 48.5 Å². The number of fused-ring (bicyclic) bond motifs is 1. The summed E-state index contributed by atoms with van der Waals surface area (Å²) in [6.45, 7) is 4.68. The van der Waals surface area contributed by atoms with Gasteiger partial charge in [-0.25, -0.2) is 9.50 Å². The molecule has 0 spiro atoms. The predicted octanol–water partition coefficient (Wildman–Crippen LogP) is 2.38. The molecule has 4 rings (SSSR count). The number of rotatable bonds is 3. The Morgan fingerprint density at radius 3 is 2.74 bits per heavy atom. The number of pyridine rings is 2. The highest BCUT2D eigenvalue weighted by Gasteiger charge is 2.16. The van der Waals surface area contributed by atoms with Crippen molar-refractivity contribution < 1.29 is 0 Å². The average molecular weight is 305 g/mol. The molecule has 7 heteroatoms. The van der Waals surface area contributed by atoms with Crippen LogP contribution in [0.1, 0.15) is 12.6 Å². The normalized spacial score (nSPS) is 11.2. The molecule has 0 unspecified atom stereocenters. The van der Waals surface area contributed by atoms with E-state index < -0.39 is 0 Å². The van der Waals surface area contributed by atoms with Crippen molar-refractivity contribution in [2.75, 3.05) is 0 Å². The molecule has 0 atom stereocenters. The van der Waals surface area contributed by atoms with Crippen LogP contribution in [0.15, 0.2) is 42.9 Å². The van der Waals surface area contributed by atoms with Gasteiger partial charge >= 0.3 is 0 Å². The van der Waals surface area contributed by atoms with Gasteiger partial charge in [0, 0.05) is 17.5 Å². The summed E-state index contributed by atoms with van der Waals surface area (Å²) >= 11 is 0. The first-order valence-electron chi connectivity index (χ1n) is 7.43. The van der Waals surface area contributed by atoms with Crippen molar-refractivity contribution in [3.8, 4) is 22.6 Å². The molecule has 0 aliphatic rings. The van der Waals surface area contributed by atoms with Gasteiger partial charge in [-0.15, -0.1) is 0 Å². The van der Waals surface area contributed by atoms with Gasteiger partial charge in [0.1, 0.15) is 17.7 Å². The van der Waals surface area contributed by atoms with Crippen molar-refractivity contribution in [1.29, 1.82) is 0 Å². The first-order valence-corrected chi connectivity index (χ1v) is 7.43. The molecule has 0 aliphatic heterocycles. The van der Waals surface area contributed by atoms with Crippen LogP contribution in [0.5, 0.6) is 0 Å². The molecule has 4 heterocycles. The lowest BCUT2D eigenvalue weighted by atomic mass is 10.1. The van der Waals surface area contributed by atoms with Gasteiger partial charge in [0.2, 0.25) is 0 Å². The van der Waals surface area contributed by atoms with Crippen molar-refractivity contribution in [3.63, 3.8) is 0 Å². The third-order valence-electron chi connectivity index (χ3n) is 3.62. The molecule has 0 aliphatic carbocycles. The van der Waals surface area contributed by atoms with Crippen LogP contribution in [0.4, 0.5) is 0 Å². The Labute approximate surface area is 132 Å². The summed E-state index contributed by atoms with van der Waals surface area (Å²) in [5.74, 6) is 0. The number of aryl methyl sites for hydroxylation is 2. The Morgan fingerprint density at radius 2 is 1.91 bits per heavy atom. The summed E-state index contributed by atoms with van der Waals surface area (Å²) in [4.78, 5) is 10.4. The highest BCUT2D eigenvalue weighted by atomic mass is 15.5. The Bertz CT molecular complexity index is 983. The van der Waals surface area contributed by atoms with Crippen LogP contribution >= 0.6 is 0 Å². The minimum atomic E-state index is 0.699. The maximum Gasteiger partial charge on any atom is 0.155 e. The molecular weight excluding hydrogens is 290 g/mol. The predicted molar refractivity (Wildman–Crippen MR) is 85.6 cm³/mol. The van der Waals surface area contributed by atoms with Gasteiger partial charge in [-0.1, -0.05) is 6.07 Å². The molecule has 0 bridgehead atoms. The maximum atomic E-state index is 4.60. The van der Waals surface area contributed by atoms with E-state index in [2.05, 4.69) is 25.3 Å². The third kappa shape index (κ3) is 2.36. The Morgan fingerprint density at radius 1 is 1.04 bits per heavy atom. The van der Waals surface area contributed by atoms with Gasteiger partial charge < -0.3 is 0 Å². The Kier molecular flexibility index (Phi) is 3.11. The molecular formula is C16H15N7. The quantitative estimate of drug-likeness (QED) is 0.581. The summed E-state index contributed by atoms with van der Waals surface area (Å²) in [6, 6.07) is 9.80. The Hall–Kier alpha value is -3.09. The summed E-state index contributed by atoms with van der Waals surface area (Å²) in [5, 5.41) is 13.4. The lowest BCUT2D eigenvalue weighted by Gasteiger charge is -2.02. The van der Waals surface area contributed by atoms with Gasteiger partial charge in [0.05, 0.1) is 12.2 Å². The fourth-order valence-corrected chi connectivity index (χ4v) is 2.49. The molecule has 4 aromatic rings. The summed E-state index contributed by atoms with van der Waals surface area (Å²) in [5.41, 5.74) is 5.06. The van der Waals surface area contributed by atoms with E-state index in [4.69, 9.17) is 0 Å². The van der Waals surface area contributed by atoms with E-state index in [1.807, 2.05) is 50.4 Å². The smallest absolute Gasteiger partial charge is 0.155 e. The van der Waals surface area contributed by atoms with E-state index in [-0.39, 0.29) is 0 Å². The number of hydrogen-bond donors (Lipinski definition) is 0. The molecule has 0 radical (unpaired) electrons. The van der Waals surface area contributed by atoms with Gasteiger partial charge in [-0.3, -0.25) is 4.98 Å². The minimum absolute atomic E-state index is 0.699. The molecule has 114 valence electrons. The van der Waals surface area contributed by atoms with Gasteiger partial charge in [-0.05, 0) is 38.1 Å². The van der Waals surface area contributed by atoms with Gasteiger partial charge in [-0.2, -0.15) is 20.1 Å². The maximum absolute atomic E-state index is 4.60. The zero-order valence-corrected chi connectivity index (χ0v) is 12.9. The number of aromatic nitrogens is 7. The van der Waals surface area contributed by atoms with Crippen LogP contribution in [0, 0.1) is 6.92 Å². The molecule has 0 saturated heterocycles. The zero-order chi connectivity index (χ0) is 15.8. The summed E-state index contributed by atoms with van der Waals surface area (Å²) < 4.78 is 1.73. The first kappa shape index (κ1) is 13.6. The topological polar surface area (TPSA) is 73.8 Å². The number of nitrogens with zero attached hydrogens (tertiary/aromatic N) is 7. The van der Waals surface area contributed by atoms with Crippen molar-refractivity contribution in [1.82, 2.24) is 34.6 Å². The average Bonchev–Trinajstić information content (AvgIpc) is 3.20. The molecule has 0 aromatic carbocycles. The van der Waals surface area contributed by atoms with E-state index in [1.165, 1.54) is 6.33 Å². The fourth-order valence-electron chi connectivity index (χ4n) is 2.49. The molecule has 4 aromatic heterocycles. The number of hydrogen-bond acceptors (Lipinski definition) is 5. The fraction of sp³-hybridized carbons (Fsp3) is 0.188. The Balaban J connectivity index is 1.91. The standard InChI is InChI=1S/C16H15N7/c1-3-23-20-15(12-7-8-14-17-10-18-22(14)9-12)16(21-23)13-6-4-5-11(2)19-13/h4-10H,3H2,1-2H3.